The summed E-state index contributed by atoms with van der Waals surface area (Å²) in [4.78, 5) is 13.7. The first-order valence-corrected chi connectivity index (χ1v) is 9.72. The second-order valence-electron chi connectivity index (χ2n) is 6.22. The molecule has 1 aliphatic rings. The Morgan fingerprint density at radius 1 is 1.17 bits per heavy atom. The van der Waals surface area contributed by atoms with Gasteiger partial charge in [-0.3, -0.25) is 9.69 Å². The van der Waals surface area contributed by atoms with Gasteiger partial charge in [0, 0.05) is 50.2 Å². The van der Waals surface area contributed by atoms with Crippen LogP contribution in [0, 0.1) is 0 Å². The first kappa shape index (κ1) is 16.9. The van der Waals surface area contributed by atoms with Crippen molar-refractivity contribution in [3.05, 3.63) is 41.7 Å². The quantitative estimate of drug-likeness (QED) is 0.878. The average Bonchev–Trinajstić information content (AvgIpc) is 2.96. The number of hydrogen-bond acceptors (Lipinski definition) is 4. The van der Waals surface area contributed by atoms with Crippen molar-refractivity contribution in [2.45, 2.75) is 13.0 Å². The molecule has 0 aliphatic carbocycles. The van der Waals surface area contributed by atoms with Crippen LogP contribution in [0.15, 0.2) is 30.6 Å². The van der Waals surface area contributed by atoms with Crippen LogP contribution in [0.2, 0.25) is 0 Å². The highest BCUT2D eigenvalue weighted by Crippen LogP contribution is 2.27. The number of rotatable bonds is 4. The minimum absolute atomic E-state index is 0.125. The molecule has 130 valence electrons. The van der Waals surface area contributed by atoms with E-state index in [4.69, 9.17) is 5.73 Å². The molecule has 1 amide bonds. The number of piperazine rings is 1. The molecule has 0 bridgehead atoms. The Kier molecular flexibility index (Phi) is 4.37. The minimum Gasteiger partial charge on any atom is -0.366 e. The van der Waals surface area contributed by atoms with Crippen LogP contribution in [0.3, 0.4) is 0 Å². The molecule has 24 heavy (non-hydrogen) atoms. The van der Waals surface area contributed by atoms with Crippen LogP contribution >= 0.6 is 0 Å². The van der Waals surface area contributed by atoms with Gasteiger partial charge in [-0.25, -0.2) is 8.42 Å². The van der Waals surface area contributed by atoms with E-state index >= 15 is 0 Å². The van der Waals surface area contributed by atoms with Crippen LogP contribution in [0.5, 0.6) is 0 Å². The van der Waals surface area contributed by atoms with E-state index in [2.05, 4.69) is 11.8 Å². The standard InChI is InChI=1S/C16H22N4O3S/c1-12(18-7-9-20(10-8-18)24(2,22)23)14-4-6-19-5-3-13(16(17)21)11-15(14)19/h3-6,11-12H,7-10H2,1-2H3,(H2,17,21). The lowest BCUT2D eigenvalue weighted by Gasteiger charge is -2.36. The first-order chi connectivity index (χ1) is 11.3. The monoisotopic (exact) mass is 350 g/mol. The molecule has 1 saturated heterocycles. The van der Waals surface area contributed by atoms with Crippen molar-refractivity contribution in [2.75, 3.05) is 32.4 Å². The van der Waals surface area contributed by atoms with Crippen molar-refractivity contribution >= 4 is 21.4 Å². The summed E-state index contributed by atoms with van der Waals surface area (Å²) in [6.45, 7) is 4.47. The summed E-state index contributed by atoms with van der Waals surface area (Å²) in [5.74, 6) is -0.445. The molecule has 0 radical (unpaired) electrons. The van der Waals surface area contributed by atoms with Gasteiger partial charge in [0.05, 0.1) is 11.8 Å². The first-order valence-electron chi connectivity index (χ1n) is 7.87. The number of carbonyl (C=O) groups is 1. The van der Waals surface area contributed by atoms with Gasteiger partial charge in [0.25, 0.3) is 0 Å². The number of amides is 1. The molecule has 0 spiro atoms. The Morgan fingerprint density at radius 3 is 2.38 bits per heavy atom. The summed E-state index contributed by atoms with van der Waals surface area (Å²) in [6.07, 6.45) is 5.03. The number of aromatic nitrogens is 1. The van der Waals surface area contributed by atoms with Gasteiger partial charge in [0.1, 0.15) is 0 Å². The van der Waals surface area contributed by atoms with E-state index in [1.807, 2.05) is 22.9 Å². The van der Waals surface area contributed by atoms with E-state index < -0.39 is 15.9 Å². The maximum atomic E-state index is 11.6. The van der Waals surface area contributed by atoms with Gasteiger partial charge in [-0.15, -0.1) is 0 Å². The highest BCUT2D eigenvalue weighted by molar-refractivity contribution is 7.88. The van der Waals surface area contributed by atoms with Crippen LogP contribution in [0.25, 0.3) is 5.52 Å². The molecule has 1 fully saturated rings. The summed E-state index contributed by atoms with van der Waals surface area (Å²) in [6, 6.07) is 5.67. The fourth-order valence-electron chi connectivity index (χ4n) is 3.24. The maximum absolute atomic E-state index is 11.6. The summed E-state index contributed by atoms with van der Waals surface area (Å²) in [5.41, 5.74) is 7.91. The molecule has 3 rings (SSSR count). The summed E-state index contributed by atoms with van der Waals surface area (Å²) >= 11 is 0. The smallest absolute Gasteiger partial charge is 0.248 e. The SMILES string of the molecule is CC(c1ccn2ccc(C(N)=O)cc12)N1CCN(S(C)(=O)=O)CC1. The summed E-state index contributed by atoms with van der Waals surface area (Å²) < 4.78 is 26.7. The molecular formula is C16H22N4O3S. The van der Waals surface area contributed by atoms with Gasteiger partial charge < -0.3 is 10.1 Å². The van der Waals surface area contributed by atoms with Crippen molar-refractivity contribution in [1.29, 1.82) is 0 Å². The lowest BCUT2D eigenvalue weighted by atomic mass is 10.1. The second kappa shape index (κ2) is 6.19. The van der Waals surface area contributed by atoms with Gasteiger partial charge >= 0.3 is 0 Å². The van der Waals surface area contributed by atoms with E-state index in [9.17, 15) is 13.2 Å². The highest BCUT2D eigenvalue weighted by atomic mass is 32.2. The molecule has 1 aliphatic heterocycles. The number of nitrogens with two attached hydrogens (primary N) is 1. The van der Waals surface area contributed by atoms with Crippen LogP contribution in [0.4, 0.5) is 0 Å². The third-order valence-corrected chi connectivity index (χ3v) is 6.02. The van der Waals surface area contributed by atoms with Crippen molar-refractivity contribution < 1.29 is 13.2 Å². The topological polar surface area (TPSA) is 88.1 Å². The summed E-state index contributed by atoms with van der Waals surface area (Å²) in [7, 11) is -3.13. The fourth-order valence-corrected chi connectivity index (χ4v) is 4.07. The predicted molar refractivity (Wildman–Crippen MR) is 92.3 cm³/mol. The normalized spacial score (nSPS) is 18.8. The number of hydrogen-bond donors (Lipinski definition) is 1. The van der Waals surface area contributed by atoms with Crippen molar-refractivity contribution in [3.8, 4) is 0 Å². The molecule has 7 nitrogen and oxygen atoms in total. The molecule has 2 aromatic rings. The Bertz CT molecular complexity index is 867. The van der Waals surface area contributed by atoms with Gasteiger partial charge in [0.15, 0.2) is 0 Å². The molecule has 3 heterocycles. The van der Waals surface area contributed by atoms with E-state index in [1.54, 1.807) is 12.1 Å². The Morgan fingerprint density at radius 2 is 1.79 bits per heavy atom. The molecule has 2 aromatic heterocycles. The van der Waals surface area contributed by atoms with Gasteiger partial charge in [-0.05, 0) is 30.7 Å². The lowest BCUT2D eigenvalue weighted by molar-refractivity contribution is 0.1000. The van der Waals surface area contributed by atoms with Crippen LogP contribution in [-0.4, -0.2) is 60.4 Å². The number of pyridine rings is 1. The zero-order valence-electron chi connectivity index (χ0n) is 13.8. The Hall–Kier alpha value is -1.90. The van der Waals surface area contributed by atoms with E-state index in [1.165, 1.54) is 10.6 Å². The van der Waals surface area contributed by atoms with Crippen molar-refractivity contribution in [2.24, 2.45) is 5.73 Å². The fraction of sp³-hybridized carbons (Fsp3) is 0.438. The van der Waals surface area contributed by atoms with Crippen molar-refractivity contribution in [1.82, 2.24) is 13.6 Å². The maximum Gasteiger partial charge on any atom is 0.248 e. The summed E-state index contributed by atoms with van der Waals surface area (Å²) in [5, 5.41) is 0. The number of primary amides is 1. The zero-order valence-corrected chi connectivity index (χ0v) is 14.7. The van der Waals surface area contributed by atoms with Crippen LogP contribution < -0.4 is 5.73 Å². The predicted octanol–water partition coefficient (Wildman–Crippen LogP) is 0.676. The zero-order chi connectivity index (χ0) is 17.5. The molecular weight excluding hydrogens is 328 g/mol. The molecule has 0 saturated carbocycles. The largest absolute Gasteiger partial charge is 0.366 e. The molecule has 0 aromatic carbocycles. The third-order valence-electron chi connectivity index (χ3n) is 4.72. The highest BCUT2D eigenvalue weighted by Gasteiger charge is 2.27. The number of nitrogens with zero attached hydrogens (tertiary/aromatic N) is 3. The van der Waals surface area contributed by atoms with Gasteiger partial charge in [0.2, 0.25) is 15.9 Å². The molecule has 2 N–H and O–H groups in total. The molecule has 1 atom stereocenters. The number of fused-ring (bicyclic) bond motifs is 1. The average molecular weight is 350 g/mol. The van der Waals surface area contributed by atoms with Crippen LogP contribution in [-0.2, 0) is 10.0 Å². The second-order valence-corrected chi connectivity index (χ2v) is 8.20. The van der Waals surface area contributed by atoms with Gasteiger partial charge in [-0.2, -0.15) is 4.31 Å². The minimum atomic E-state index is -3.13. The van der Waals surface area contributed by atoms with E-state index in [-0.39, 0.29) is 6.04 Å². The van der Waals surface area contributed by atoms with Gasteiger partial charge in [-0.1, -0.05) is 0 Å². The lowest BCUT2D eigenvalue weighted by Crippen LogP contribution is -2.48. The Balaban J connectivity index is 1.83. The third kappa shape index (κ3) is 3.17. The van der Waals surface area contributed by atoms with E-state index in [0.717, 1.165) is 11.1 Å². The Labute approximate surface area is 141 Å². The van der Waals surface area contributed by atoms with E-state index in [0.29, 0.717) is 31.7 Å². The molecule has 1 unspecified atom stereocenters. The van der Waals surface area contributed by atoms with Crippen LogP contribution in [0.1, 0.15) is 28.9 Å². The molecule has 8 heteroatoms. The number of sulfonamides is 1. The number of carbonyl (C=O) groups excluding carboxylic acids is 1. The van der Waals surface area contributed by atoms with Crippen molar-refractivity contribution in [3.63, 3.8) is 0 Å².